The highest BCUT2D eigenvalue weighted by Crippen LogP contribution is 2.38. The summed E-state index contributed by atoms with van der Waals surface area (Å²) in [6, 6.07) is 15.4. The fourth-order valence-electron chi connectivity index (χ4n) is 3.35. The number of esters is 1. The number of allylic oxidation sites excluding steroid dienone is 1. The molecule has 0 N–H and O–H groups in total. The first-order valence-corrected chi connectivity index (χ1v) is 10.5. The van der Waals surface area contributed by atoms with Crippen LogP contribution in [0.3, 0.4) is 0 Å². The Kier molecular flexibility index (Phi) is 6.21. The summed E-state index contributed by atoms with van der Waals surface area (Å²) >= 11 is 12.1. The SMILES string of the molecule is COC(=O)c1ccc(/C=C2\Oc3cc(OCc4ccc(Cl)cc4Cl)cc(C)c3C2=O)cc1. The minimum absolute atomic E-state index is 0.201. The van der Waals surface area contributed by atoms with Gasteiger partial charge in [0.05, 0.1) is 18.2 Å². The van der Waals surface area contributed by atoms with E-state index in [0.717, 1.165) is 16.7 Å². The maximum atomic E-state index is 12.9. The summed E-state index contributed by atoms with van der Waals surface area (Å²) in [6.45, 7) is 2.08. The number of ketones is 1. The molecule has 0 bridgehead atoms. The maximum absolute atomic E-state index is 12.9. The quantitative estimate of drug-likeness (QED) is 0.325. The Morgan fingerprint density at radius 2 is 1.81 bits per heavy atom. The first-order chi connectivity index (χ1) is 15.4. The summed E-state index contributed by atoms with van der Waals surface area (Å²) in [5, 5.41) is 1.07. The Morgan fingerprint density at radius 1 is 1.06 bits per heavy atom. The van der Waals surface area contributed by atoms with Gasteiger partial charge in [-0.25, -0.2) is 4.79 Å². The van der Waals surface area contributed by atoms with Gasteiger partial charge in [0, 0.05) is 21.7 Å². The first kappa shape index (κ1) is 21.9. The zero-order valence-electron chi connectivity index (χ0n) is 17.3. The Hall–Kier alpha value is -3.28. The second-order valence-electron chi connectivity index (χ2n) is 7.19. The standard InChI is InChI=1S/C25H18Cl2O5/c1-14-9-19(31-13-17-7-8-18(26)11-20(17)27)12-21-23(14)24(28)22(32-21)10-15-3-5-16(6-4-15)25(29)30-2/h3-12H,13H2,1-2H3/b22-10-. The average Bonchev–Trinajstić information content (AvgIpc) is 3.08. The van der Waals surface area contributed by atoms with E-state index in [2.05, 4.69) is 0 Å². The topological polar surface area (TPSA) is 61.8 Å². The molecule has 7 heteroatoms. The lowest BCUT2D eigenvalue weighted by atomic mass is 10.0. The third kappa shape index (κ3) is 4.49. The van der Waals surface area contributed by atoms with E-state index in [9.17, 15) is 9.59 Å². The molecule has 4 rings (SSSR count). The number of carbonyl (C=O) groups excluding carboxylic acids is 2. The minimum atomic E-state index is -0.423. The van der Waals surface area contributed by atoms with Crippen molar-refractivity contribution >= 4 is 41.0 Å². The highest BCUT2D eigenvalue weighted by Gasteiger charge is 2.30. The van der Waals surface area contributed by atoms with Gasteiger partial charge in [0.25, 0.3) is 0 Å². The van der Waals surface area contributed by atoms with Crippen LogP contribution in [0.2, 0.25) is 10.0 Å². The summed E-state index contributed by atoms with van der Waals surface area (Å²) < 4.78 is 16.4. The molecule has 0 amide bonds. The third-order valence-corrected chi connectivity index (χ3v) is 5.57. The van der Waals surface area contributed by atoms with Gasteiger partial charge in [0.2, 0.25) is 5.78 Å². The second kappa shape index (κ2) is 9.07. The van der Waals surface area contributed by atoms with Gasteiger partial charge in [-0.15, -0.1) is 0 Å². The van der Waals surface area contributed by atoms with Gasteiger partial charge in [0.15, 0.2) is 5.76 Å². The normalized spacial score (nSPS) is 13.6. The van der Waals surface area contributed by atoms with E-state index in [-0.39, 0.29) is 18.1 Å². The molecular formula is C25H18Cl2O5. The molecule has 0 radical (unpaired) electrons. The van der Waals surface area contributed by atoms with Crippen LogP contribution in [0, 0.1) is 6.92 Å². The summed E-state index contributed by atoms with van der Waals surface area (Å²) in [6.07, 6.45) is 1.64. The Balaban J connectivity index is 1.53. The van der Waals surface area contributed by atoms with Crippen molar-refractivity contribution in [2.75, 3.05) is 7.11 Å². The van der Waals surface area contributed by atoms with Gasteiger partial charge in [-0.1, -0.05) is 41.4 Å². The van der Waals surface area contributed by atoms with E-state index in [4.69, 9.17) is 37.4 Å². The molecule has 5 nitrogen and oxygen atoms in total. The number of hydrogen-bond donors (Lipinski definition) is 0. The van der Waals surface area contributed by atoms with Crippen molar-refractivity contribution < 1.29 is 23.8 Å². The zero-order chi connectivity index (χ0) is 22.8. The molecular weight excluding hydrogens is 451 g/mol. The van der Waals surface area contributed by atoms with Crippen LogP contribution in [0.4, 0.5) is 0 Å². The number of halogens is 2. The largest absolute Gasteiger partial charge is 0.489 e. The fourth-order valence-corrected chi connectivity index (χ4v) is 3.81. The number of ether oxygens (including phenoxy) is 3. The van der Waals surface area contributed by atoms with Crippen LogP contribution in [0.1, 0.15) is 37.4 Å². The number of benzene rings is 3. The van der Waals surface area contributed by atoms with Crippen LogP contribution < -0.4 is 9.47 Å². The number of Topliss-reactive ketones (excluding diaryl/α,β-unsaturated/α-hetero) is 1. The Bertz CT molecular complexity index is 1250. The highest BCUT2D eigenvalue weighted by molar-refractivity contribution is 6.35. The summed E-state index contributed by atoms with van der Waals surface area (Å²) in [4.78, 5) is 24.4. The first-order valence-electron chi connectivity index (χ1n) is 9.69. The molecule has 0 saturated carbocycles. The summed E-state index contributed by atoms with van der Waals surface area (Å²) in [5.74, 6) is 0.565. The average molecular weight is 469 g/mol. The zero-order valence-corrected chi connectivity index (χ0v) is 18.8. The molecule has 0 atom stereocenters. The van der Waals surface area contributed by atoms with Crippen molar-refractivity contribution in [3.63, 3.8) is 0 Å². The van der Waals surface area contributed by atoms with Crippen LogP contribution in [-0.4, -0.2) is 18.9 Å². The van der Waals surface area contributed by atoms with Crippen LogP contribution in [0.25, 0.3) is 6.08 Å². The van der Waals surface area contributed by atoms with Crippen molar-refractivity contribution in [1.29, 1.82) is 0 Å². The van der Waals surface area contributed by atoms with E-state index in [1.165, 1.54) is 7.11 Å². The van der Waals surface area contributed by atoms with Crippen LogP contribution >= 0.6 is 23.2 Å². The molecule has 162 valence electrons. The second-order valence-corrected chi connectivity index (χ2v) is 8.03. The lowest BCUT2D eigenvalue weighted by Gasteiger charge is -2.10. The number of fused-ring (bicyclic) bond motifs is 1. The fraction of sp³-hybridized carbons (Fsp3) is 0.120. The molecule has 0 saturated heterocycles. The van der Waals surface area contributed by atoms with Gasteiger partial charge in [-0.2, -0.15) is 0 Å². The maximum Gasteiger partial charge on any atom is 0.337 e. The molecule has 0 spiro atoms. The molecule has 0 aliphatic carbocycles. The van der Waals surface area contributed by atoms with Crippen molar-refractivity contribution in [3.8, 4) is 11.5 Å². The van der Waals surface area contributed by atoms with E-state index < -0.39 is 5.97 Å². The molecule has 32 heavy (non-hydrogen) atoms. The lowest BCUT2D eigenvalue weighted by Crippen LogP contribution is -2.01. The molecule has 1 aliphatic rings. The number of hydrogen-bond acceptors (Lipinski definition) is 5. The predicted octanol–water partition coefficient (Wildman–Crippen LogP) is 6.28. The van der Waals surface area contributed by atoms with Crippen LogP contribution in [0.5, 0.6) is 11.5 Å². The van der Waals surface area contributed by atoms with E-state index in [1.54, 1.807) is 60.7 Å². The molecule has 3 aromatic rings. The minimum Gasteiger partial charge on any atom is -0.489 e. The van der Waals surface area contributed by atoms with Crippen LogP contribution in [0.15, 0.2) is 60.4 Å². The monoisotopic (exact) mass is 468 g/mol. The Morgan fingerprint density at radius 3 is 2.50 bits per heavy atom. The third-order valence-electron chi connectivity index (χ3n) is 4.98. The smallest absolute Gasteiger partial charge is 0.337 e. The van der Waals surface area contributed by atoms with Crippen molar-refractivity contribution in [2.24, 2.45) is 0 Å². The summed E-state index contributed by atoms with van der Waals surface area (Å²) in [7, 11) is 1.32. The van der Waals surface area contributed by atoms with E-state index >= 15 is 0 Å². The Labute approximate surface area is 195 Å². The molecule has 0 unspecified atom stereocenters. The lowest BCUT2D eigenvalue weighted by molar-refractivity contribution is 0.0600. The predicted molar refractivity (Wildman–Crippen MR) is 123 cm³/mol. The molecule has 1 aliphatic heterocycles. The molecule has 0 aromatic heterocycles. The van der Waals surface area contributed by atoms with Gasteiger partial charge in [0.1, 0.15) is 18.1 Å². The number of aryl methyl sites for hydroxylation is 1. The van der Waals surface area contributed by atoms with Gasteiger partial charge in [-0.3, -0.25) is 4.79 Å². The van der Waals surface area contributed by atoms with Gasteiger partial charge >= 0.3 is 5.97 Å². The van der Waals surface area contributed by atoms with Gasteiger partial charge in [-0.05, 0) is 54.5 Å². The highest BCUT2D eigenvalue weighted by atomic mass is 35.5. The number of methoxy groups -OCH3 is 1. The van der Waals surface area contributed by atoms with Crippen molar-refractivity contribution in [3.05, 3.63) is 98.2 Å². The number of carbonyl (C=O) groups is 2. The van der Waals surface area contributed by atoms with Crippen molar-refractivity contribution in [2.45, 2.75) is 13.5 Å². The molecule has 0 fully saturated rings. The molecule has 3 aromatic carbocycles. The van der Waals surface area contributed by atoms with E-state index in [0.29, 0.717) is 32.7 Å². The van der Waals surface area contributed by atoms with Crippen LogP contribution in [-0.2, 0) is 11.3 Å². The van der Waals surface area contributed by atoms with E-state index in [1.807, 2.05) is 6.92 Å². The molecule has 1 heterocycles. The van der Waals surface area contributed by atoms with Gasteiger partial charge < -0.3 is 14.2 Å². The summed E-state index contributed by atoms with van der Waals surface area (Å²) in [5.41, 5.74) is 3.19. The van der Waals surface area contributed by atoms with Crippen molar-refractivity contribution in [1.82, 2.24) is 0 Å². The number of rotatable bonds is 5.